The van der Waals surface area contributed by atoms with Gasteiger partial charge in [0.1, 0.15) is 0 Å². The van der Waals surface area contributed by atoms with E-state index in [9.17, 15) is 4.79 Å². The zero-order chi connectivity index (χ0) is 14.7. The van der Waals surface area contributed by atoms with Gasteiger partial charge < -0.3 is 15.0 Å². The number of rotatable bonds is 3. The lowest BCUT2D eigenvalue weighted by molar-refractivity contribution is -0.162. The molecule has 0 aromatic carbocycles. The van der Waals surface area contributed by atoms with Crippen molar-refractivity contribution in [2.45, 2.75) is 70.4 Å². The Balaban J connectivity index is 1.77. The number of piperidine rings is 1. The summed E-state index contributed by atoms with van der Waals surface area (Å²) in [5, 5.41) is 3.42. The topological polar surface area (TPSA) is 41.6 Å². The van der Waals surface area contributed by atoms with Gasteiger partial charge in [0, 0.05) is 6.54 Å². The Bertz CT molecular complexity index is 358. The molecule has 1 N–H and O–H groups in total. The molecule has 3 rings (SSSR count). The summed E-state index contributed by atoms with van der Waals surface area (Å²) in [4.78, 5) is 15.6. The van der Waals surface area contributed by atoms with Crippen LogP contribution in [0.5, 0.6) is 0 Å². The SMILES string of the molecule is CCCC1(C(=O)N2CCOC3CCCCC32)CCNCC1. The van der Waals surface area contributed by atoms with Gasteiger partial charge in [-0.25, -0.2) is 0 Å². The van der Waals surface area contributed by atoms with E-state index in [1.54, 1.807) is 0 Å². The summed E-state index contributed by atoms with van der Waals surface area (Å²) in [6, 6.07) is 0.351. The van der Waals surface area contributed by atoms with Crippen molar-refractivity contribution >= 4 is 5.91 Å². The molecule has 2 atom stereocenters. The highest BCUT2D eigenvalue weighted by Crippen LogP contribution is 2.39. The number of hydrogen-bond acceptors (Lipinski definition) is 3. The summed E-state index contributed by atoms with van der Waals surface area (Å²) in [6.45, 7) is 5.72. The number of morpholine rings is 1. The standard InChI is InChI=1S/C17H30N2O2/c1-2-7-17(8-10-18-11-9-17)16(20)19-12-13-21-15-6-4-3-5-14(15)19/h14-15,18H,2-13H2,1H3. The van der Waals surface area contributed by atoms with Crippen LogP contribution in [0.1, 0.15) is 58.3 Å². The number of hydrogen-bond donors (Lipinski definition) is 1. The number of fused-ring (bicyclic) bond motifs is 1. The van der Waals surface area contributed by atoms with E-state index in [4.69, 9.17) is 4.74 Å². The van der Waals surface area contributed by atoms with Crippen molar-refractivity contribution in [1.29, 1.82) is 0 Å². The molecule has 3 fully saturated rings. The first-order valence-electron chi connectivity index (χ1n) is 8.90. The second-order valence-corrected chi connectivity index (χ2v) is 7.04. The first-order chi connectivity index (χ1) is 10.3. The molecule has 0 spiro atoms. The molecule has 2 unspecified atom stereocenters. The number of carbonyl (C=O) groups is 1. The van der Waals surface area contributed by atoms with Crippen molar-refractivity contribution in [3.05, 3.63) is 0 Å². The van der Waals surface area contributed by atoms with Gasteiger partial charge >= 0.3 is 0 Å². The van der Waals surface area contributed by atoms with Crippen LogP contribution in [-0.2, 0) is 9.53 Å². The van der Waals surface area contributed by atoms with Crippen molar-refractivity contribution < 1.29 is 9.53 Å². The highest BCUT2D eigenvalue weighted by molar-refractivity contribution is 5.83. The maximum absolute atomic E-state index is 13.4. The largest absolute Gasteiger partial charge is 0.374 e. The summed E-state index contributed by atoms with van der Waals surface area (Å²) in [7, 11) is 0. The lowest BCUT2D eigenvalue weighted by atomic mass is 9.73. The van der Waals surface area contributed by atoms with E-state index in [-0.39, 0.29) is 5.41 Å². The molecule has 21 heavy (non-hydrogen) atoms. The van der Waals surface area contributed by atoms with E-state index in [2.05, 4.69) is 17.1 Å². The van der Waals surface area contributed by atoms with Crippen molar-refractivity contribution in [2.24, 2.45) is 5.41 Å². The first kappa shape index (κ1) is 15.3. The molecule has 2 heterocycles. The number of nitrogens with one attached hydrogen (secondary N) is 1. The van der Waals surface area contributed by atoms with Gasteiger partial charge in [-0.3, -0.25) is 4.79 Å². The Kier molecular flexibility index (Phi) is 4.85. The molecule has 0 aromatic heterocycles. The minimum absolute atomic E-state index is 0.0979. The normalized spacial score (nSPS) is 32.5. The third-order valence-corrected chi connectivity index (χ3v) is 5.74. The van der Waals surface area contributed by atoms with Gasteiger partial charge in [-0.1, -0.05) is 26.2 Å². The van der Waals surface area contributed by atoms with Crippen LogP contribution in [0.25, 0.3) is 0 Å². The zero-order valence-electron chi connectivity index (χ0n) is 13.4. The van der Waals surface area contributed by atoms with Crippen molar-refractivity contribution in [1.82, 2.24) is 10.2 Å². The van der Waals surface area contributed by atoms with Crippen LogP contribution in [0.4, 0.5) is 0 Å². The van der Waals surface area contributed by atoms with Crippen LogP contribution in [0, 0.1) is 5.41 Å². The summed E-state index contributed by atoms with van der Waals surface area (Å²) in [5.41, 5.74) is -0.0979. The minimum Gasteiger partial charge on any atom is -0.374 e. The molecule has 2 saturated heterocycles. The fourth-order valence-corrected chi connectivity index (χ4v) is 4.61. The van der Waals surface area contributed by atoms with Gasteiger partial charge in [0.15, 0.2) is 0 Å². The fraction of sp³-hybridized carbons (Fsp3) is 0.941. The van der Waals surface area contributed by atoms with E-state index in [1.807, 2.05) is 0 Å². The molecule has 0 radical (unpaired) electrons. The lowest BCUT2D eigenvalue weighted by Gasteiger charge is -2.48. The lowest BCUT2D eigenvalue weighted by Crippen LogP contribution is -2.59. The molecular weight excluding hydrogens is 264 g/mol. The summed E-state index contributed by atoms with van der Waals surface area (Å²) in [6.07, 6.45) is 9.24. The van der Waals surface area contributed by atoms with Gasteiger partial charge in [-0.2, -0.15) is 0 Å². The van der Waals surface area contributed by atoms with Crippen LogP contribution in [0.15, 0.2) is 0 Å². The van der Waals surface area contributed by atoms with E-state index in [0.717, 1.165) is 64.8 Å². The Morgan fingerprint density at radius 1 is 1.29 bits per heavy atom. The molecule has 1 saturated carbocycles. The van der Waals surface area contributed by atoms with Crippen LogP contribution < -0.4 is 5.32 Å². The molecule has 1 amide bonds. The molecule has 3 aliphatic rings. The third kappa shape index (κ3) is 2.98. The maximum atomic E-state index is 13.4. The summed E-state index contributed by atoms with van der Waals surface area (Å²) < 4.78 is 5.94. The molecule has 1 aliphatic carbocycles. The van der Waals surface area contributed by atoms with E-state index >= 15 is 0 Å². The number of nitrogens with zero attached hydrogens (tertiary/aromatic N) is 1. The van der Waals surface area contributed by atoms with E-state index in [0.29, 0.717) is 18.1 Å². The average molecular weight is 294 g/mol. The monoisotopic (exact) mass is 294 g/mol. The Hall–Kier alpha value is -0.610. The Morgan fingerprint density at radius 2 is 2.05 bits per heavy atom. The number of amides is 1. The molecule has 0 bridgehead atoms. The van der Waals surface area contributed by atoms with Gasteiger partial charge in [0.05, 0.1) is 24.2 Å². The first-order valence-corrected chi connectivity index (χ1v) is 8.90. The van der Waals surface area contributed by atoms with E-state index in [1.165, 1.54) is 12.8 Å². The highest BCUT2D eigenvalue weighted by Gasteiger charge is 2.45. The maximum Gasteiger partial charge on any atom is 0.229 e. The number of carbonyl (C=O) groups excluding carboxylic acids is 1. The van der Waals surface area contributed by atoms with Crippen molar-refractivity contribution in [3.63, 3.8) is 0 Å². The van der Waals surface area contributed by atoms with Crippen LogP contribution in [-0.4, -0.2) is 49.2 Å². The summed E-state index contributed by atoms with van der Waals surface area (Å²) in [5.74, 6) is 0.436. The molecule has 4 nitrogen and oxygen atoms in total. The van der Waals surface area contributed by atoms with E-state index < -0.39 is 0 Å². The number of ether oxygens (including phenoxy) is 1. The molecule has 120 valence electrons. The molecule has 4 heteroatoms. The Labute approximate surface area is 128 Å². The second-order valence-electron chi connectivity index (χ2n) is 7.04. The quantitative estimate of drug-likeness (QED) is 0.868. The Morgan fingerprint density at radius 3 is 2.81 bits per heavy atom. The van der Waals surface area contributed by atoms with Crippen LogP contribution in [0.2, 0.25) is 0 Å². The minimum atomic E-state index is -0.0979. The van der Waals surface area contributed by atoms with Gasteiger partial charge in [0.25, 0.3) is 0 Å². The predicted octanol–water partition coefficient (Wildman–Crippen LogP) is 2.33. The smallest absolute Gasteiger partial charge is 0.229 e. The predicted molar refractivity (Wildman–Crippen MR) is 83.2 cm³/mol. The highest BCUT2D eigenvalue weighted by atomic mass is 16.5. The van der Waals surface area contributed by atoms with Gasteiger partial charge in [-0.05, 0) is 45.2 Å². The second kappa shape index (κ2) is 6.66. The van der Waals surface area contributed by atoms with Crippen molar-refractivity contribution in [3.8, 4) is 0 Å². The zero-order valence-corrected chi connectivity index (χ0v) is 13.4. The molecule has 2 aliphatic heterocycles. The molecule has 0 aromatic rings. The van der Waals surface area contributed by atoms with Crippen molar-refractivity contribution in [2.75, 3.05) is 26.2 Å². The van der Waals surface area contributed by atoms with Crippen LogP contribution in [0.3, 0.4) is 0 Å². The third-order valence-electron chi connectivity index (χ3n) is 5.74. The molecular formula is C17H30N2O2. The van der Waals surface area contributed by atoms with Gasteiger partial charge in [0.2, 0.25) is 5.91 Å². The summed E-state index contributed by atoms with van der Waals surface area (Å²) >= 11 is 0. The fourth-order valence-electron chi connectivity index (χ4n) is 4.61. The van der Waals surface area contributed by atoms with Gasteiger partial charge in [-0.15, -0.1) is 0 Å². The average Bonchev–Trinajstić information content (AvgIpc) is 2.55. The van der Waals surface area contributed by atoms with Crippen LogP contribution >= 0.6 is 0 Å².